The normalized spacial score (nSPS) is 10.7. The molecule has 2 aromatic heterocycles. The largest absolute Gasteiger partial charge is 0.461 e. The summed E-state index contributed by atoms with van der Waals surface area (Å²) in [5.74, 6) is -0.512. The number of esters is 1. The second-order valence-corrected chi connectivity index (χ2v) is 4.05. The third-order valence-electron chi connectivity index (χ3n) is 1.91. The highest BCUT2D eigenvalue weighted by Gasteiger charge is 2.16. The molecule has 0 saturated carbocycles. The van der Waals surface area contributed by atoms with E-state index in [0.717, 1.165) is 0 Å². The van der Waals surface area contributed by atoms with E-state index in [1.54, 1.807) is 19.1 Å². The highest BCUT2D eigenvalue weighted by atomic mass is 79.9. The van der Waals surface area contributed by atoms with E-state index in [2.05, 4.69) is 26.0 Å². The first-order valence-corrected chi connectivity index (χ1v) is 5.68. The summed E-state index contributed by atoms with van der Waals surface area (Å²) in [6, 6.07) is 3.47. The molecule has 84 valence electrons. The number of nitrogens with zero attached hydrogens (tertiary/aromatic N) is 3. The molecule has 0 fully saturated rings. The Hall–Kier alpha value is -1.14. The lowest BCUT2D eigenvalue weighted by Crippen LogP contribution is -2.11. The number of aromatic nitrogens is 3. The Morgan fingerprint density at radius 2 is 2.38 bits per heavy atom. The van der Waals surface area contributed by atoms with Gasteiger partial charge in [-0.15, -0.1) is 5.10 Å². The zero-order valence-electron chi connectivity index (χ0n) is 8.28. The van der Waals surface area contributed by atoms with Gasteiger partial charge in [0.15, 0.2) is 5.69 Å². The molecule has 0 atom stereocenters. The lowest BCUT2D eigenvalue weighted by molar-refractivity contribution is 0.0521. The zero-order chi connectivity index (χ0) is 11.7. The van der Waals surface area contributed by atoms with E-state index < -0.39 is 5.97 Å². The Kier molecular flexibility index (Phi) is 3.11. The van der Waals surface area contributed by atoms with Crippen molar-refractivity contribution in [2.24, 2.45) is 0 Å². The number of hydrogen-bond donors (Lipinski definition) is 0. The molecule has 0 spiro atoms. The molecule has 2 aromatic rings. The Morgan fingerprint density at radius 1 is 1.62 bits per heavy atom. The van der Waals surface area contributed by atoms with Crippen LogP contribution in [-0.4, -0.2) is 27.2 Å². The fraction of sp³-hybridized carbons (Fsp3) is 0.222. The van der Waals surface area contributed by atoms with Gasteiger partial charge in [0, 0.05) is 0 Å². The summed E-state index contributed by atoms with van der Waals surface area (Å²) < 4.78 is 7.06. The third-order valence-corrected chi connectivity index (χ3v) is 2.67. The predicted molar refractivity (Wildman–Crippen MR) is 61.7 cm³/mol. The average Bonchev–Trinajstić information content (AvgIpc) is 2.60. The predicted octanol–water partition coefficient (Wildman–Crippen LogP) is 2.32. The number of ether oxygens (including phenoxy) is 1. The highest BCUT2D eigenvalue weighted by molar-refractivity contribution is 9.10. The fourth-order valence-electron chi connectivity index (χ4n) is 1.29. The van der Waals surface area contributed by atoms with E-state index in [1.807, 2.05) is 0 Å². The monoisotopic (exact) mass is 303 g/mol. The Morgan fingerprint density at radius 3 is 3.06 bits per heavy atom. The van der Waals surface area contributed by atoms with Crippen LogP contribution in [0.2, 0.25) is 5.28 Å². The molecule has 0 radical (unpaired) electrons. The summed E-state index contributed by atoms with van der Waals surface area (Å²) in [5.41, 5.74) is 0.710. The smallest absolute Gasteiger partial charge is 0.359 e. The van der Waals surface area contributed by atoms with Crippen molar-refractivity contribution in [2.45, 2.75) is 6.92 Å². The fourth-order valence-corrected chi connectivity index (χ4v) is 1.85. The summed E-state index contributed by atoms with van der Waals surface area (Å²) in [4.78, 5) is 15.5. The topological polar surface area (TPSA) is 56.5 Å². The van der Waals surface area contributed by atoms with Crippen LogP contribution in [0.25, 0.3) is 5.52 Å². The van der Waals surface area contributed by atoms with E-state index in [1.165, 1.54) is 4.52 Å². The quantitative estimate of drug-likeness (QED) is 0.799. The molecule has 7 heteroatoms. The summed E-state index contributed by atoms with van der Waals surface area (Å²) in [6.07, 6.45) is 0. The minimum absolute atomic E-state index is 0.00699. The van der Waals surface area contributed by atoms with E-state index in [0.29, 0.717) is 10.1 Å². The van der Waals surface area contributed by atoms with Crippen molar-refractivity contribution in [3.05, 3.63) is 27.7 Å². The van der Waals surface area contributed by atoms with Gasteiger partial charge < -0.3 is 4.74 Å². The van der Waals surface area contributed by atoms with Gasteiger partial charge in [-0.2, -0.15) is 0 Å². The van der Waals surface area contributed by atoms with Crippen molar-refractivity contribution in [3.8, 4) is 0 Å². The standard InChI is InChI=1S/C9H7BrClN3O2/c1-2-16-8(15)7-5-3-4-6(10)14(5)13-9(11)12-7/h3-4H,2H2,1H3. The van der Waals surface area contributed by atoms with Gasteiger partial charge in [-0.3, -0.25) is 0 Å². The molecule has 0 amide bonds. The maximum atomic E-state index is 11.6. The molecule has 0 aliphatic carbocycles. The number of rotatable bonds is 2. The molecule has 0 N–H and O–H groups in total. The Balaban J connectivity index is 2.64. The van der Waals surface area contributed by atoms with Gasteiger partial charge >= 0.3 is 5.97 Å². The number of fused-ring (bicyclic) bond motifs is 1. The van der Waals surface area contributed by atoms with Crippen LogP contribution in [0.4, 0.5) is 0 Å². The Labute approximate surface area is 104 Å². The number of carbonyl (C=O) groups excluding carboxylic acids is 1. The second-order valence-electron chi connectivity index (χ2n) is 2.90. The molecule has 2 rings (SSSR count). The molecule has 0 bridgehead atoms. The first kappa shape index (κ1) is 11.3. The minimum Gasteiger partial charge on any atom is -0.461 e. The molecule has 0 saturated heterocycles. The minimum atomic E-state index is -0.512. The van der Waals surface area contributed by atoms with E-state index in [9.17, 15) is 4.79 Å². The van der Waals surface area contributed by atoms with Gasteiger partial charge in [-0.25, -0.2) is 14.3 Å². The lowest BCUT2D eigenvalue weighted by Gasteiger charge is -2.03. The van der Waals surface area contributed by atoms with Crippen LogP contribution in [0.15, 0.2) is 16.7 Å². The van der Waals surface area contributed by atoms with Gasteiger partial charge in [-0.05, 0) is 46.6 Å². The number of halogens is 2. The van der Waals surface area contributed by atoms with Crippen molar-refractivity contribution in [1.29, 1.82) is 0 Å². The first-order chi connectivity index (χ1) is 7.63. The van der Waals surface area contributed by atoms with Crippen molar-refractivity contribution in [3.63, 3.8) is 0 Å². The van der Waals surface area contributed by atoms with Crippen molar-refractivity contribution in [1.82, 2.24) is 14.6 Å². The Bertz CT molecular complexity index is 555. The average molecular weight is 305 g/mol. The molecule has 0 aromatic carbocycles. The van der Waals surface area contributed by atoms with Crippen LogP contribution < -0.4 is 0 Å². The van der Waals surface area contributed by atoms with Crippen LogP contribution in [0, 0.1) is 0 Å². The van der Waals surface area contributed by atoms with Crippen molar-refractivity contribution < 1.29 is 9.53 Å². The van der Waals surface area contributed by atoms with Crippen LogP contribution in [0.1, 0.15) is 17.4 Å². The van der Waals surface area contributed by atoms with Gasteiger partial charge in [0.25, 0.3) is 0 Å². The van der Waals surface area contributed by atoms with Crippen LogP contribution in [0.5, 0.6) is 0 Å². The van der Waals surface area contributed by atoms with E-state index in [-0.39, 0.29) is 17.6 Å². The van der Waals surface area contributed by atoms with Crippen molar-refractivity contribution in [2.75, 3.05) is 6.61 Å². The number of hydrogen-bond acceptors (Lipinski definition) is 4. The summed E-state index contributed by atoms with van der Waals surface area (Å²) >= 11 is 9.01. The van der Waals surface area contributed by atoms with E-state index in [4.69, 9.17) is 16.3 Å². The SMILES string of the molecule is CCOC(=O)c1nc(Cl)nn2c(Br)ccc12. The number of carbonyl (C=O) groups is 1. The molecule has 2 heterocycles. The molecule has 16 heavy (non-hydrogen) atoms. The summed E-state index contributed by atoms with van der Waals surface area (Å²) in [7, 11) is 0. The second kappa shape index (κ2) is 4.39. The van der Waals surface area contributed by atoms with Gasteiger partial charge in [0.05, 0.1) is 12.1 Å². The van der Waals surface area contributed by atoms with Gasteiger partial charge in [0.2, 0.25) is 5.28 Å². The zero-order valence-corrected chi connectivity index (χ0v) is 10.6. The van der Waals surface area contributed by atoms with Crippen molar-refractivity contribution >= 4 is 39.0 Å². The molecular weight excluding hydrogens is 297 g/mol. The molecule has 0 aliphatic rings. The van der Waals surface area contributed by atoms with Crippen LogP contribution in [-0.2, 0) is 4.74 Å². The van der Waals surface area contributed by atoms with Crippen LogP contribution >= 0.6 is 27.5 Å². The van der Waals surface area contributed by atoms with E-state index >= 15 is 0 Å². The summed E-state index contributed by atoms with van der Waals surface area (Å²) in [6.45, 7) is 2.01. The lowest BCUT2D eigenvalue weighted by atomic mass is 10.3. The highest BCUT2D eigenvalue weighted by Crippen LogP contribution is 2.19. The molecule has 5 nitrogen and oxygen atoms in total. The molecule has 0 aliphatic heterocycles. The maximum Gasteiger partial charge on any atom is 0.359 e. The van der Waals surface area contributed by atoms with Crippen LogP contribution in [0.3, 0.4) is 0 Å². The van der Waals surface area contributed by atoms with Gasteiger partial charge in [-0.1, -0.05) is 0 Å². The van der Waals surface area contributed by atoms with Gasteiger partial charge in [0.1, 0.15) is 4.60 Å². The molecular formula is C9H7BrClN3O2. The maximum absolute atomic E-state index is 11.6. The third kappa shape index (κ3) is 1.90. The molecule has 0 unspecified atom stereocenters. The summed E-state index contributed by atoms with van der Waals surface area (Å²) in [5, 5.41) is 3.95. The first-order valence-electron chi connectivity index (χ1n) is 4.51.